The Kier molecular flexibility index (Phi) is 4.99. The number of nitriles is 1. The maximum absolute atomic E-state index is 12.8. The fraction of sp³-hybridized carbons (Fsp3) is 0.0714. The molecule has 2 aromatic rings. The Hall–Kier alpha value is -1.95. The molecule has 0 atom stereocenters. The van der Waals surface area contributed by atoms with Gasteiger partial charge in [0.15, 0.2) is 5.75 Å². The van der Waals surface area contributed by atoms with E-state index in [0.29, 0.717) is 6.07 Å². The second-order valence-corrected chi connectivity index (χ2v) is 6.79. The van der Waals surface area contributed by atoms with E-state index in [-0.39, 0.29) is 16.3 Å². The van der Waals surface area contributed by atoms with Crippen LogP contribution in [0.5, 0.6) is 5.75 Å². The van der Waals surface area contributed by atoms with Gasteiger partial charge in [-0.2, -0.15) is 26.9 Å². The molecule has 0 aliphatic heterocycles. The zero-order chi connectivity index (χ0) is 18.1. The lowest BCUT2D eigenvalue weighted by Gasteiger charge is -2.12. The van der Waals surface area contributed by atoms with Crippen LogP contribution in [-0.2, 0) is 16.3 Å². The Balaban J connectivity index is 2.44. The predicted octanol–water partition coefficient (Wildman–Crippen LogP) is 4.65. The number of nitrogens with zero attached hydrogens (tertiary/aromatic N) is 1. The van der Waals surface area contributed by atoms with E-state index in [4.69, 9.17) is 32.6 Å². The number of benzene rings is 2. The van der Waals surface area contributed by atoms with Crippen LogP contribution < -0.4 is 4.18 Å². The molecule has 0 aliphatic rings. The van der Waals surface area contributed by atoms with Crippen LogP contribution in [-0.4, -0.2) is 8.42 Å². The molecule has 0 fully saturated rings. The average Bonchev–Trinajstić information content (AvgIpc) is 2.48. The zero-order valence-corrected chi connectivity index (χ0v) is 13.8. The van der Waals surface area contributed by atoms with E-state index in [1.165, 1.54) is 6.07 Å². The Morgan fingerprint density at radius 3 is 2.25 bits per heavy atom. The van der Waals surface area contributed by atoms with Gasteiger partial charge in [-0.05, 0) is 36.4 Å². The molecule has 0 saturated heterocycles. The van der Waals surface area contributed by atoms with Crippen LogP contribution in [0, 0.1) is 11.3 Å². The summed E-state index contributed by atoms with van der Waals surface area (Å²) >= 11 is 11.2. The van der Waals surface area contributed by atoms with Gasteiger partial charge in [0, 0.05) is 0 Å². The molecular weight excluding hydrogens is 390 g/mol. The molecule has 0 amide bonds. The summed E-state index contributed by atoms with van der Waals surface area (Å²) in [4.78, 5) is -0.736. The summed E-state index contributed by atoms with van der Waals surface area (Å²) in [6.45, 7) is 0. The molecule has 0 unspecified atom stereocenters. The van der Waals surface area contributed by atoms with Crippen molar-refractivity contribution in [3.63, 3.8) is 0 Å². The maximum atomic E-state index is 12.8. The van der Waals surface area contributed by atoms with Gasteiger partial charge in [0.1, 0.15) is 4.90 Å². The molecule has 0 heterocycles. The Morgan fingerprint density at radius 2 is 1.71 bits per heavy atom. The van der Waals surface area contributed by atoms with E-state index in [2.05, 4.69) is 0 Å². The molecule has 0 spiro atoms. The van der Waals surface area contributed by atoms with Gasteiger partial charge >= 0.3 is 16.3 Å². The Labute approximate surface area is 145 Å². The van der Waals surface area contributed by atoms with Crippen molar-refractivity contribution >= 4 is 33.3 Å². The quantitative estimate of drug-likeness (QED) is 0.709. The van der Waals surface area contributed by atoms with Crippen molar-refractivity contribution in [2.45, 2.75) is 11.1 Å². The summed E-state index contributed by atoms with van der Waals surface area (Å²) in [5.74, 6) is -0.320. The lowest BCUT2D eigenvalue weighted by Crippen LogP contribution is -2.13. The third-order valence-electron chi connectivity index (χ3n) is 2.79. The molecule has 2 aromatic carbocycles. The molecule has 10 heteroatoms. The van der Waals surface area contributed by atoms with E-state index in [1.54, 1.807) is 6.07 Å². The molecule has 0 radical (unpaired) electrons. The minimum Gasteiger partial charge on any atom is -0.377 e. The third-order valence-corrected chi connectivity index (χ3v) is 4.65. The largest absolute Gasteiger partial charge is 0.417 e. The number of rotatable bonds is 3. The molecule has 24 heavy (non-hydrogen) atoms. The molecule has 0 aliphatic carbocycles. The Bertz CT molecular complexity index is 937. The molecule has 0 bridgehead atoms. The van der Waals surface area contributed by atoms with Crippen LogP contribution in [0.3, 0.4) is 0 Å². The predicted molar refractivity (Wildman–Crippen MR) is 80.4 cm³/mol. The highest BCUT2D eigenvalue weighted by atomic mass is 35.5. The monoisotopic (exact) mass is 395 g/mol. The maximum Gasteiger partial charge on any atom is 0.417 e. The highest BCUT2D eigenvalue weighted by Crippen LogP contribution is 2.36. The van der Waals surface area contributed by atoms with Crippen LogP contribution in [0.15, 0.2) is 41.3 Å². The fourth-order valence-electron chi connectivity index (χ4n) is 1.68. The lowest BCUT2D eigenvalue weighted by atomic mass is 10.2. The van der Waals surface area contributed by atoms with Gasteiger partial charge in [-0.3, -0.25) is 0 Å². The standard InChI is InChI=1S/C14H6Cl2F3NO3S/c15-11-3-2-9(6-10(11)14(17,18)19)24(21,22)23-13-4-1-8(7-20)5-12(13)16/h1-6H. The van der Waals surface area contributed by atoms with Crippen molar-refractivity contribution in [3.05, 3.63) is 57.6 Å². The van der Waals surface area contributed by atoms with Gasteiger partial charge in [0.25, 0.3) is 0 Å². The first kappa shape index (κ1) is 18.4. The molecule has 126 valence electrons. The van der Waals surface area contributed by atoms with Crippen molar-refractivity contribution in [1.29, 1.82) is 5.26 Å². The number of hydrogen-bond donors (Lipinski definition) is 0. The van der Waals surface area contributed by atoms with Crippen molar-refractivity contribution in [2.75, 3.05) is 0 Å². The first-order valence-corrected chi connectivity index (χ1v) is 8.22. The van der Waals surface area contributed by atoms with Gasteiger partial charge in [-0.25, -0.2) is 0 Å². The molecule has 0 saturated carbocycles. The second-order valence-electron chi connectivity index (χ2n) is 4.43. The fourth-order valence-corrected chi connectivity index (χ4v) is 3.15. The summed E-state index contributed by atoms with van der Waals surface area (Å²) < 4.78 is 67.5. The van der Waals surface area contributed by atoms with Crippen molar-refractivity contribution in [2.24, 2.45) is 0 Å². The van der Waals surface area contributed by atoms with Crippen molar-refractivity contribution < 1.29 is 25.8 Å². The first-order valence-electron chi connectivity index (χ1n) is 6.05. The summed E-state index contributed by atoms with van der Waals surface area (Å²) in [5, 5.41) is 7.89. The highest BCUT2D eigenvalue weighted by molar-refractivity contribution is 7.87. The van der Waals surface area contributed by atoms with Crippen LogP contribution in [0.4, 0.5) is 13.2 Å². The third kappa shape index (κ3) is 3.93. The SMILES string of the molecule is N#Cc1ccc(OS(=O)(=O)c2ccc(Cl)c(C(F)(F)F)c2)c(Cl)c1. The number of alkyl halides is 3. The first-order chi connectivity index (χ1) is 11.0. The van der Waals surface area contributed by atoms with E-state index < -0.39 is 31.8 Å². The smallest absolute Gasteiger partial charge is 0.377 e. The lowest BCUT2D eigenvalue weighted by molar-refractivity contribution is -0.137. The second kappa shape index (κ2) is 6.51. The zero-order valence-electron chi connectivity index (χ0n) is 11.4. The van der Waals surface area contributed by atoms with Crippen LogP contribution in [0.1, 0.15) is 11.1 Å². The van der Waals surface area contributed by atoms with Crippen LogP contribution in [0.25, 0.3) is 0 Å². The minimum absolute atomic E-state index is 0.163. The topological polar surface area (TPSA) is 67.2 Å². The van der Waals surface area contributed by atoms with Gasteiger partial charge in [-0.1, -0.05) is 23.2 Å². The highest BCUT2D eigenvalue weighted by Gasteiger charge is 2.35. The van der Waals surface area contributed by atoms with Crippen molar-refractivity contribution in [1.82, 2.24) is 0 Å². The summed E-state index contributed by atoms with van der Waals surface area (Å²) in [5.41, 5.74) is -1.14. The average molecular weight is 396 g/mol. The molecule has 0 N–H and O–H groups in total. The van der Waals surface area contributed by atoms with Crippen LogP contribution >= 0.6 is 23.2 Å². The molecular formula is C14H6Cl2F3NO3S. The van der Waals surface area contributed by atoms with E-state index in [0.717, 1.165) is 24.3 Å². The van der Waals surface area contributed by atoms with E-state index in [9.17, 15) is 21.6 Å². The van der Waals surface area contributed by atoms with E-state index >= 15 is 0 Å². The van der Waals surface area contributed by atoms with Gasteiger partial charge in [-0.15, -0.1) is 0 Å². The van der Waals surface area contributed by atoms with Gasteiger partial charge < -0.3 is 4.18 Å². The summed E-state index contributed by atoms with van der Waals surface area (Å²) in [6.07, 6.45) is -4.82. The number of halogens is 5. The summed E-state index contributed by atoms with van der Waals surface area (Å²) in [6, 6.07) is 7.38. The minimum atomic E-state index is -4.82. The molecule has 4 nitrogen and oxygen atoms in total. The van der Waals surface area contributed by atoms with E-state index in [1.807, 2.05) is 0 Å². The normalized spacial score (nSPS) is 11.8. The molecule has 0 aromatic heterocycles. The van der Waals surface area contributed by atoms with Gasteiger partial charge in [0.2, 0.25) is 0 Å². The Morgan fingerprint density at radius 1 is 1.04 bits per heavy atom. The van der Waals surface area contributed by atoms with Crippen molar-refractivity contribution in [3.8, 4) is 11.8 Å². The van der Waals surface area contributed by atoms with Crippen LogP contribution in [0.2, 0.25) is 10.0 Å². The number of hydrogen-bond acceptors (Lipinski definition) is 4. The molecule has 2 rings (SSSR count). The van der Waals surface area contributed by atoms with Gasteiger partial charge in [0.05, 0.1) is 27.2 Å². The summed E-state index contributed by atoms with van der Waals surface area (Å²) in [7, 11) is -4.58.